The first-order valence-corrected chi connectivity index (χ1v) is 8.24. The number of carboxylic acid groups (broad SMARTS) is 1. The molecule has 0 aromatic heterocycles. The number of benzene rings is 2. The molecule has 1 aliphatic heterocycles. The van der Waals surface area contributed by atoms with E-state index >= 15 is 0 Å². The number of ether oxygens (including phenoxy) is 1. The second-order valence-electron chi connectivity index (χ2n) is 6.42. The van der Waals surface area contributed by atoms with Gasteiger partial charge >= 0.3 is 5.97 Å². The molecule has 0 spiro atoms. The van der Waals surface area contributed by atoms with E-state index in [1.54, 1.807) is 38.1 Å². The molecule has 0 fully saturated rings. The number of carbonyl (C=O) groups is 3. The molecule has 0 saturated heterocycles. The van der Waals surface area contributed by atoms with Crippen molar-refractivity contribution >= 4 is 34.9 Å². The standard InChI is InChI=1S/C19H16ClNO5/c1-19(2)18(25)21(10-15(22)11-3-6-13(20)7-4-11)14-8-5-12(17(23)24)9-16(14)26-19/h3-9H,10H2,1-2H3,(H,23,24). The molecule has 134 valence electrons. The van der Waals surface area contributed by atoms with Gasteiger partial charge in [-0.05, 0) is 56.3 Å². The van der Waals surface area contributed by atoms with Crippen LogP contribution in [0.4, 0.5) is 5.69 Å². The first-order chi connectivity index (χ1) is 12.2. The molecule has 0 atom stereocenters. The van der Waals surface area contributed by atoms with Gasteiger partial charge in [-0.2, -0.15) is 0 Å². The van der Waals surface area contributed by atoms with E-state index in [4.69, 9.17) is 21.4 Å². The van der Waals surface area contributed by atoms with Gasteiger partial charge in [0.25, 0.3) is 5.91 Å². The van der Waals surface area contributed by atoms with Gasteiger partial charge in [-0.25, -0.2) is 4.79 Å². The van der Waals surface area contributed by atoms with Crippen LogP contribution in [0.5, 0.6) is 5.75 Å². The Balaban J connectivity index is 1.98. The number of ketones is 1. The normalized spacial score (nSPS) is 15.2. The highest BCUT2D eigenvalue weighted by molar-refractivity contribution is 6.30. The number of halogens is 1. The lowest BCUT2D eigenvalue weighted by molar-refractivity contribution is -0.132. The Morgan fingerprint density at radius 3 is 2.35 bits per heavy atom. The van der Waals surface area contributed by atoms with Crippen LogP contribution in [0.25, 0.3) is 0 Å². The van der Waals surface area contributed by atoms with Crippen molar-refractivity contribution < 1.29 is 24.2 Å². The van der Waals surface area contributed by atoms with Crippen molar-refractivity contribution in [3.05, 3.63) is 58.6 Å². The third-order valence-corrected chi connectivity index (χ3v) is 4.34. The molecule has 1 aliphatic rings. The molecule has 1 amide bonds. The number of carbonyl (C=O) groups excluding carboxylic acids is 2. The molecule has 2 aromatic rings. The molecule has 0 radical (unpaired) electrons. The van der Waals surface area contributed by atoms with Gasteiger partial charge in [0, 0.05) is 10.6 Å². The predicted octanol–water partition coefficient (Wildman–Crippen LogP) is 3.43. The Bertz CT molecular complexity index is 905. The zero-order valence-electron chi connectivity index (χ0n) is 14.2. The Morgan fingerprint density at radius 1 is 1.12 bits per heavy atom. The number of carboxylic acids is 1. The third-order valence-electron chi connectivity index (χ3n) is 4.09. The largest absolute Gasteiger partial charge is 0.478 e. The van der Waals surface area contributed by atoms with Crippen LogP contribution in [-0.4, -0.2) is 34.9 Å². The summed E-state index contributed by atoms with van der Waals surface area (Å²) in [6, 6.07) is 10.6. The monoisotopic (exact) mass is 373 g/mol. The molecule has 0 bridgehead atoms. The first kappa shape index (κ1) is 17.9. The Hall–Kier alpha value is -2.86. The topological polar surface area (TPSA) is 83.9 Å². The summed E-state index contributed by atoms with van der Waals surface area (Å²) in [7, 11) is 0. The molecule has 7 heteroatoms. The second kappa shape index (κ2) is 6.46. The molecule has 1 heterocycles. The summed E-state index contributed by atoms with van der Waals surface area (Å²) in [5.41, 5.74) is -0.389. The van der Waals surface area contributed by atoms with Crippen LogP contribution < -0.4 is 9.64 Å². The van der Waals surface area contributed by atoms with Crippen molar-refractivity contribution in [3.8, 4) is 5.75 Å². The van der Waals surface area contributed by atoms with Crippen molar-refractivity contribution in [1.29, 1.82) is 0 Å². The van der Waals surface area contributed by atoms with Crippen LogP contribution in [0.2, 0.25) is 5.02 Å². The maximum Gasteiger partial charge on any atom is 0.335 e. The van der Waals surface area contributed by atoms with Gasteiger partial charge in [0.2, 0.25) is 0 Å². The summed E-state index contributed by atoms with van der Waals surface area (Å²) in [5, 5.41) is 9.66. The lowest BCUT2D eigenvalue weighted by Crippen LogP contribution is -2.53. The highest BCUT2D eigenvalue weighted by Gasteiger charge is 2.41. The molecule has 1 N–H and O–H groups in total. The van der Waals surface area contributed by atoms with Gasteiger partial charge in [-0.1, -0.05) is 11.6 Å². The zero-order valence-corrected chi connectivity index (χ0v) is 14.9. The van der Waals surface area contributed by atoms with E-state index in [-0.39, 0.29) is 29.5 Å². The van der Waals surface area contributed by atoms with E-state index in [1.807, 2.05) is 0 Å². The van der Waals surface area contributed by atoms with Gasteiger partial charge in [0.1, 0.15) is 5.75 Å². The van der Waals surface area contributed by atoms with Crippen molar-refractivity contribution in [3.63, 3.8) is 0 Å². The fourth-order valence-corrected chi connectivity index (χ4v) is 2.86. The third kappa shape index (κ3) is 3.28. The van der Waals surface area contributed by atoms with E-state index in [1.165, 1.54) is 23.1 Å². The fourth-order valence-electron chi connectivity index (χ4n) is 2.73. The number of aromatic carboxylic acids is 1. The number of hydrogen-bond acceptors (Lipinski definition) is 4. The van der Waals surface area contributed by atoms with Crippen LogP contribution in [0.15, 0.2) is 42.5 Å². The smallest absolute Gasteiger partial charge is 0.335 e. The first-order valence-electron chi connectivity index (χ1n) is 7.86. The summed E-state index contributed by atoms with van der Waals surface area (Å²) < 4.78 is 5.67. The SMILES string of the molecule is CC1(C)Oc2cc(C(=O)O)ccc2N(CC(=O)c2ccc(Cl)cc2)C1=O. The minimum Gasteiger partial charge on any atom is -0.478 e. The number of hydrogen-bond donors (Lipinski definition) is 1. The van der Waals surface area contributed by atoms with Gasteiger partial charge in [0.05, 0.1) is 17.8 Å². The molecule has 26 heavy (non-hydrogen) atoms. The summed E-state index contributed by atoms with van der Waals surface area (Å²) in [4.78, 5) is 37.9. The van der Waals surface area contributed by atoms with Crippen LogP contribution >= 0.6 is 11.6 Å². The second-order valence-corrected chi connectivity index (χ2v) is 6.86. The fraction of sp³-hybridized carbons (Fsp3) is 0.211. The molecule has 0 aliphatic carbocycles. The van der Waals surface area contributed by atoms with Crippen LogP contribution in [0.3, 0.4) is 0 Å². The van der Waals surface area contributed by atoms with E-state index in [9.17, 15) is 14.4 Å². The van der Waals surface area contributed by atoms with E-state index in [0.29, 0.717) is 16.3 Å². The number of Topliss-reactive ketones (excluding diaryl/α,β-unsaturated/α-hetero) is 1. The highest BCUT2D eigenvalue weighted by atomic mass is 35.5. The molecule has 6 nitrogen and oxygen atoms in total. The number of rotatable bonds is 4. The molecule has 3 rings (SSSR count). The highest BCUT2D eigenvalue weighted by Crippen LogP contribution is 2.38. The minimum absolute atomic E-state index is 0.0397. The summed E-state index contributed by atoms with van der Waals surface area (Å²) in [6.07, 6.45) is 0. The number of fused-ring (bicyclic) bond motifs is 1. The number of anilines is 1. The van der Waals surface area contributed by atoms with Crippen molar-refractivity contribution in [2.75, 3.05) is 11.4 Å². The minimum atomic E-state index is -1.22. The van der Waals surface area contributed by atoms with E-state index in [0.717, 1.165) is 0 Å². The van der Waals surface area contributed by atoms with E-state index in [2.05, 4.69) is 0 Å². The number of amides is 1. The predicted molar refractivity (Wildman–Crippen MR) is 96.2 cm³/mol. The van der Waals surface area contributed by atoms with Crippen molar-refractivity contribution in [2.24, 2.45) is 0 Å². The maximum atomic E-state index is 12.8. The zero-order chi connectivity index (χ0) is 19.1. The summed E-state index contributed by atoms with van der Waals surface area (Å²) in [5.74, 6) is -1.50. The average Bonchev–Trinajstić information content (AvgIpc) is 2.58. The van der Waals surface area contributed by atoms with Gasteiger partial charge in [0.15, 0.2) is 11.4 Å². The molecule has 2 aromatic carbocycles. The van der Waals surface area contributed by atoms with E-state index < -0.39 is 11.6 Å². The molecule has 0 unspecified atom stereocenters. The Morgan fingerprint density at radius 2 is 1.73 bits per heavy atom. The van der Waals surface area contributed by atoms with Crippen LogP contribution in [0, 0.1) is 0 Å². The Kier molecular flexibility index (Phi) is 4.46. The average molecular weight is 374 g/mol. The molecular weight excluding hydrogens is 358 g/mol. The summed E-state index contributed by atoms with van der Waals surface area (Å²) in [6.45, 7) is 2.96. The van der Waals surface area contributed by atoms with Crippen LogP contribution in [-0.2, 0) is 4.79 Å². The van der Waals surface area contributed by atoms with Gasteiger partial charge in [-0.15, -0.1) is 0 Å². The quantitative estimate of drug-likeness (QED) is 0.830. The molecular formula is C19H16ClNO5. The summed E-state index contributed by atoms with van der Waals surface area (Å²) >= 11 is 5.84. The number of nitrogens with zero attached hydrogens (tertiary/aromatic N) is 1. The van der Waals surface area contributed by atoms with Gasteiger partial charge < -0.3 is 9.84 Å². The van der Waals surface area contributed by atoms with Gasteiger partial charge in [-0.3, -0.25) is 14.5 Å². The lowest BCUT2D eigenvalue weighted by atomic mass is 10.0. The lowest BCUT2D eigenvalue weighted by Gasteiger charge is -2.38. The maximum absolute atomic E-state index is 12.8. The van der Waals surface area contributed by atoms with Crippen LogP contribution in [0.1, 0.15) is 34.6 Å². The van der Waals surface area contributed by atoms with Crippen molar-refractivity contribution in [1.82, 2.24) is 0 Å². The Labute approximate surface area is 154 Å². The van der Waals surface area contributed by atoms with Crippen molar-refractivity contribution in [2.45, 2.75) is 19.4 Å². The molecule has 0 saturated carbocycles.